The highest BCUT2D eigenvalue weighted by molar-refractivity contribution is 9.10. The Morgan fingerprint density at radius 1 is 1.10 bits per heavy atom. The van der Waals surface area contributed by atoms with Gasteiger partial charge in [-0.15, -0.1) is 0 Å². The minimum atomic E-state index is -0.540. The smallest absolute Gasteiger partial charge is 0.288 e. The monoisotopic (exact) mass is 612 g/mol. The van der Waals surface area contributed by atoms with E-state index in [9.17, 15) is 10.1 Å². The molecule has 1 aliphatic heterocycles. The summed E-state index contributed by atoms with van der Waals surface area (Å²) in [5.74, 6) is 1.91. The third-order valence-corrected chi connectivity index (χ3v) is 6.67. The van der Waals surface area contributed by atoms with E-state index in [1.165, 1.54) is 18.3 Å². The number of morpholine rings is 1. The summed E-state index contributed by atoms with van der Waals surface area (Å²) >= 11 is 9.48. The van der Waals surface area contributed by atoms with Crippen LogP contribution in [0.3, 0.4) is 0 Å². The second-order valence-electron chi connectivity index (χ2n) is 8.49. The molecule has 0 radical (unpaired) electrons. The molecule has 0 aliphatic carbocycles. The number of aryl methyl sites for hydroxylation is 1. The Hall–Kier alpha value is -4.07. The van der Waals surface area contributed by atoms with E-state index in [2.05, 4.69) is 46.7 Å². The van der Waals surface area contributed by atoms with Gasteiger partial charge in [0.1, 0.15) is 16.5 Å². The van der Waals surface area contributed by atoms with Gasteiger partial charge in [0, 0.05) is 29.2 Å². The minimum Gasteiger partial charge on any atom is -0.455 e. The molecule has 0 bridgehead atoms. The van der Waals surface area contributed by atoms with E-state index in [4.69, 9.17) is 20.8 Å². The molecule has 0 saturated carbocycles. The maximum atomic E-state index is 11.2. The molecule has 2 aromatic carbocycles. The van der Waals surface area contributed by atoms with Crippen LogP contribution >= 0.6 is 27.5 Å². The van der Waals surface area contributed by atoms with Crippen LogP contribution in [-0.4, -0.2) is 52.4 Å². The first-order chi connectivity index (χ1) is 18.9. The maximum absolute atomic E-state index is 11.2. The fourth-order valence-corrected chi connectivity index (χ4v) is 4.53. The number of rotatable bonds is 8. The number of hydrazone groups is 1. The van der Waals surface area contributed by atoms with Gasteiger partial charge in [0.25, 0.3) is 5.69 Å². The number of aromatic nitrogens is 3. The summed E-state index contributed by atoms with van der Waals surface area (Å²) in [6, 6.07) is 13.8. The molecule has 1 aliphatic rings. The largest absolute Gasteiger partial charge is 0.455 e. The SMILES string of the molecule is Cc1ccc(Nc2nc(N/N=C/c3ccc(-c4ccc(Cl)c([N+](=O)[O-])c4)o3)nc(N3CCOCC3)n2)c(Br)c1. The molecule has 1 fully saturated rings. The first-order valence-electron chi connectivity index (χ1n) is 11.8. The van der Waals surface area contributed by atoms with E-state index in [0.29, 0.717) is 55.3 Å². The zero-order valence-electron chi connectivity index (χ0n) is 20.6. The Balaban J connectivity index is 1.35. The first-order valence-corrected chi connectivity index (χ1v) is 13.0. The Labute approximate surface area is 236 Å². The van der Waals surface area contributed by atoms with Crippen molar-refractivity contribution in [3.8, 4) is 11.3 Å². The Morgan fingerprint density at radius 3 is 2.67 bits per heavy atom. The normalized spacial score (nSPS) is 13.6. The fourth-order valence-electron chi connectivity index (χ4n) is 3.75. The maximum Gasteiger partial charge on any atom is 0.288 e. The highest BCUT2D eigenvalue weighted by Crippen LogP contribution is 2.31. The molecule has 5 rings (SSSR count). The van der Waals surface area contributed by atoms with Gasteiger partial charge >= 0.3 is 0 Å². The predicted octanol–water partition coefficient (Wildman–Crippen LogP) is 5.79. The van der Waals surface area contributed by atoms with E-state index >= 15 is 0 Å². The Kier molecular flexibility index (Phi) is 8.00. The molecular formula is C25H22BrClN8O4. The first kappa shape index (κ1) is 26.5. The Morgan fingerprint density at radius 2 is 1.90 bits per heavy atom. The van der Waals surface area contributed by atoms with E-state index < -0.39 is 4.92 Å². The van der Waals surface area contributed by atoms with Crippen LogP contribution in [0.15, 0.2) is 62.5 Å². The fraction of sp³-hybridized carbons (Fsp3) is 0.200. The number of anilines is 4. The van der Waals surface area contributed by atoms with E-state index in [-0.39, 0.29) is 16.7 Å². The van der Waals surface area contributed by atoms with Gasteiger partial charge in [-0.05, 0) is 64.8 Å². The lowest BCUT2D eigenvalue weighted by Gasteiger charge is -2.27. The summed E-state index contributed by atoms with van der Waals surface area (Å²) in [4.78, 5) is 26.2. The van der Waals surface area contributed by atoms with Crippen molar-refractivity contribution in [1.29, 1.82) is 0 Å². The summed E-state index contributed by atoms with van der Waals surface area (Å²) in [6.07, 6.45) is 1.45. The van der Waals surface area contributed by atoms with Crippen LogP contribution in [0, 0.1) is 17.0 Å². The average Bonchev–Trinajstić information content (AvgIpc) is 3.40. The van der Waals surface area contributed by atoms with Gasteiger partial charge in [-0.2, -0.15) is 20.1 Å². The third-order valence-electron chi connectivity index (χ3n) is 5.70. The van der Waals surface area contributed by atoms with E-state index in [1.807, 2.05) is 30.0 Å². The summed E-state index contributed by atoms with van der Waals surface area (Å²) < 4.78 is 12.1. The van der Waals surface area contributed by atoms with Crippen LogP contribution in [0.2, 0.25) is 5.02 Å². The van der Waals surface area contributed by atoms with Gasteiger partial charge in [0.05, 0.1) is 30.0 Å². The van der Waals surface area contributed by atoms with Crippen LogP contribution in [0.5, 0.6) is 0 Å². The molecule has 0 atom stereocenters. The molecule has 0 amide bonds. The lowest BCUT2D eigenvalue weighted by Crippen LogP contribution is -2.37. The van der Waals surface area contributed by atoms with Crippen molar-refractivity contribution >= 4 is 63.0 Å². The number of furan rings is 1. The zero-order chi connectivity index (χ0) is 27.4. The molecule has 3 heterocycles. The number of benzene rings is 2. The molecular weight excluding hydrogens is 592 g/mol. The van der Waals surface area contributed by atoms with Gasteiger partial charge in [-0.25, -0.2) is 5.43 Å². The number of nitrogens with zero attached hydrogens (tertiary/aromatic N) is 6. The summed E-state index contributed by atoms with van der Waals surface area (Å²) in [6.45, 7) is 4.47. The summed E-state index contributed by atoms with van der Waals surface area (Å²) in [7, 11) is 0. The molecule has 12 nitrogen and oxygen atoms in total. The second-order valence-corrected chi connectivity index (χ2v) is 9.75. The number of nitrogens with one attached hydrogen (secondary N) is 2. The number of hydrogen-bond acceptors (Lipinski definition) is 11. The molecule has 0 unspecified atom stereocenters. The highest BCUT2D eigenvalue weighted by atomic mass is 79.9. The summed E-state index contributed by atoms with van der Waals surface area (Å²) in [5, 5.41) is 18.7. The van der Waals surface area contributed by atoms with Crippen molar-refractivity contribution in [3.05, 3.63) is 79.5 Å². The number of ether oxygens (including phenoxy) is 1. The van der Waals surface area contributed by atoms with Crippen molar-refractivity contribution < 1.29 is 14.1 Å². The van der Waals surface area contributed by atoms with Crippen molar-refractivity contribution in [1.82, 2.24) is 15.0 Å². The van der Waals surface area contributed by atoms with Crippen LogP contribution in [0.4, 0.5) is 29.2 Å². The molecule has 2 aromatic heterocycles. The van der Waals surface area contributed by atoms with Gasteiger partial charge in [-0.1, -0.05) is 17.7 Å². The quantitative estimate of drug-likeness (QED) is 0.142. The van der Waals surface area contributed by atoms with Gasteiger partial charge in [0.2, 0.25) is 17.8 Å². The van der Waals surface area contributed by atoms with Crippen molar-refractivity contribution in [2.24, 2.45) is 5.10 Å². The molecule has 0 spiro atoms. The molecule has 2 N–H and O–H groups in total. The lowest BCUT2D eigenvalue weighted by molar-refractivity contribution is -0.384. The number of halogens is 2. The third kappa shape index (κ3) is 6.50. The van der Waals surface area contributed by atoms with E-state index in [1.54, 1.807) is 18.2 Å². The van der Waals surface area contributed by atoms with Crippen LogP contribution in [0.1, 0.15) is 11.3 Å². The molecule has 14 heteroatoms. The predicted molar refractivity (Wildman–Crippen MR) is 152 cm³/mol. The number of nitro groups is 1. The van der Waals surface area contributed by atoms with Gasteiger partial charge in [0.15, 0.2) is 0 Å². The van der Waals surface area contributed by atoms with Crippen LogP contribution < -0.4 is 15.6 Å². The molecule has 4 aromatic rings. The standard InChI is InChI=1S/C25H22BrClN8O4/c1-15-2-6-20(18(26)12-15)29-23-30-24(32-25(31-23)34-8-10-38-11-9-34)33-28-14-17-4-7-22(39-17)16-3-5-19(27)21(13-16)35(36)37/h2-7,12-14H,8-11H2,1H3,(H2,29,30,31,32,33)/b28-14+. The van der Waals surface area contributed by atoms with Gasteiger partial charge < -0.3 is 19.4 Å². The van der Waals surface area contributed by atoms with Crippen molar-refractivity contribution in [3.63, 3.8) is 0 Å². The van der Waals surface area contributed by atoms with Crippen LogP contribution in [-0.2, 0) is 4.74 Å². The zero-order valence-corrected chi connectivity index (χ0v) is 22.9. The molecule has 1 saturated heterocycles. The second kappa shape index (κ2) is 11.8. The van der Waals surface area contributed by atoms with Crippen molar-refractivity contribution in [2.75, 3.05) is 41.9 Å². The summed E-state index contributed by atoms with van der Waals surface area (Å²) in [5.41, 5.74) is 5.07. The number of hydrogen-bond donors (Lipinski definition) is 2. The lowest BCUT2D eigenvalue weighted by atomic mass is 10.1. The Bertz CT molecular complexity index is 1540. The van der Waals surface area contributed by atoms with Crippen molar-refractivity contribution in [2.45, 2.75) is 6.92 Å². The topological polar surface area (TPSA) is 144 Å². The minimum absolute atomic E-state index is 0.0543. The molecule has 200 valence electrons. The van der Waals surface area contributed by atoms with E-state index in [0.717, 1.165) is 15.7 Å². The van der Waals surface area contributed by atoms with Crippen LogP contribution in [0.25, 0.3) is 11.3 Å². The average molecular weight is 614 g/mol. The number of nitro benzene ring substituents is 1. The van der Waals surface area contributed by atoms with Gasteiger partial charge in [-0.3, -0.25) is 10.1 Å². The highest BCUT2D eigenvalue weighted by Gasteiger charge is 2.18. The molecule has 39 heavy (non-hydrogen) atoms.